The second-order valence-corrected chi connectivity index (χ2v) is 10.2. The molecule has 5 rings (SSSR count). The first-order valence-electron chi connectivity index (χ1n) is 12.5. The fraction of sp³-hybridized carbons (Fsp3) is 0.370. The number of furan rings is 2. The van der Waals surface area contributed by atoms with Crippen molar-refractivity contribution < 1.29 is 27.9 Å². The van der Waals surface area contributed by atoms with E-state index >= 15 is 0 Å². The van der Waals surface area contributed by atoms with Gasteiger partial charge in [0.15, 0.2) is 23.3 Å². The Balaban J connectivity index is 1.55. The van der Waals surface area contributed by atoms with E-state index in [9.17, 15) is 9.59 Å². The number of anilines is 1. The number of amides is 2. The fourth-order valence-corrected chi connectivity index (χ4v) is 4.19. The Kier molecular flexibility index (Phi) is 6.85. The third-order valence-corrected chi connectivity index (χ3v) is 5.80. The Hall–Kier alpha value is -4.61. The monoisotopic (exact) mass is 534 g/mol. The van der Waals surface area contributed by atoms with Crippen molar-refractivity contribution in [1.82, 2.24) is 25.5 Å². The molecule has 1 N–H and O–H groups in total. The van der Waals surface area contributed by atoms with E-state index in [-0.39, 0.29) is 12.4 Å². The van der Waals surface area contributed by atoms with Crippen LogP contribution in [-0.2, 0) is 16.1 Å². The largest absolute Gasteiger partial charge is 0.486 e. The molecule has 0 bridgehead atoms. The number of aromatic nitrogens is 4. The summed E-state index contributed by atoms with van der Waals surface area (Å²) in [5, 5.41) is 15.3. The molecule has 0 fully saturated rings. The van der Waals surface area contributed by atoms with E-state index in [1.54, 1.807) is 49.4 Å². The summed E-state index contributed by atoms with van der Waals surface area (Å²) in [4.78, 5) is 30.3. The van der Waals surface area contributed by atoms with Gasteiger partial charge in [0.2, 0.25) is 5.82 Å². The number of nitrogens with one attached hydrogen (secondary N) is 1. The van der Waals surface area contributed by atoms with Crippen molar-refractivity contribution in [3.8, 4) is 23.1 Å². The molecule has 1 aliphatic heterocycles. The second-order valence-electron chi connectivity index (χ2n) is 10.2. The van der Waals surface area contributed by atoms with Crippen molar-refractivity contribution in [1.29, 1.82) is 0 Å². The van der Waals surface area contributed by atoms with Crippen molar-refractivity contribution in [2.24, 2.45) is 0 Å². The van der Waals surface area contributed by atoms with Gasteiger partial charge in [0.25, 0.3) is 11.8 Å². The number of benzene rings is 1. The van der Waals surface area contributed by atoms with Crippen molar-refractivity contribution in [2.45, 2.75) is 52.7 Å². The van der Waals surface area contributed by atoms with Gasteiger partial charge in [0, 0.05) is 17.3 Å². The predicted octanol–water partition coefficient (Wildman–Crippen LogP) is 3.60. The number of rotatable bonds is 7. The molecule has 2 amide bonds. The van der Waals surface area contributed by atoms with Crippen molar-refractivity contribution >= 4 is 17.5 Å². The van der Waals surface area contributed by atoms with E-state index in [2.05, 4.69) is 20.7 Å². The Morgan fingerprint density at radius 2 is 1.72 bits per heavy atom. The molecular weight excluding hydrogens is 504 g/mol. The van der Waals surface area contributed by atoms with Gasteiger partial charge >= 0.3 is 0 Å². The highest BCUT2D eigenvalue weighted by Gasteiger charge is 2.37. The Labute approximate surface area is 224 Å². The van der Waals surface area contributed by atoms with Crippen molar-refractivity contribution in [3.63, 3.8) is 0 Å². The van der Waals surface area contributed by atoms with Crippen LogP contribution in [0.1, 0.15) is 44.1 Å². The van der Waals surface area contributed by atoms with Crippen LogP contribution < -0.4 is 19.7 Å². The minimum absolute atomic E-state index is 0.241. The summed E-state index contributed by atoms with van der Waals surface area (Å²) in [6, 6.07) is 10.9. The summed E-state index contributed by atoms with van der Waals surface area (Å²) in [7, 11) is 0. The SMILES string of the molecule is Cc1ccc(-c2nnn(CC(=O)N(c3ccc4c(c3)OCCO4)[C@H](C(=O)NC(C)(C)C)c3ccc(C)o3)n2)o1. The molecule has 204 valence electrons. The van der Waals surface area contributed by atoms with Crippen LogP contribution in [0, 0.1) is 13.8 Å². The Morgan fingerprint density at radius 1 is 1.00 bits per heavy atom. The van der Waals surface area contributed by atoms with Gasteiger partial charge in [-0.15, -0.1) is 10.2 Å². The average Bonchev–Trinajstić information content (AvgIpc) is 3.62. The quantitative estimate of drug-likeness (QED) is 0.377. The fourth-order valence-electron chi connectivity index (χ4n) is 4.19. The van der Waals surface area contributed by atoms with Crippen molar-refractivity contribution in [2.75, 3.05) is 18.1 Å². The van der Waals surface area contributed by atoms with E-state index in [1.807, 2.05) is 27.7 Å². The minimum Gasteiger partial charge on any atom is -0.486 e. The maximum absolute atomic E-state index is 14.0. The van der Waals surface area contributed by atoms with Gasteiger partial charge in [-0.3, -0.25) is 14.5 Å². The van der Waals surface area contributed by atoms with Crippen LogP contribution in [0.25, 0.3) is 11.6 Å². The van der Waals surface area contributed by atoms with Crippen LogP contribution in [0.4, 0.5) is 5.69 Å². The highest BCUT2D eigenvalue weighted by Crippen LogP contribution is 2.37. The summed E-state index contributed by atoms with van der Waals surface area (Å²) < 4.78 is 22.9. The second kappa shape index (κ2) is 10.3. The van der Waals surface area contributed by atoms with Gasteiger partial charge in [-0.25, -0.2) is 0 Å². The first-order chi connectivity index (χ1) is 18.6. The van der Waals surface area contributed by atoms with Gasteiger partial charge < -0.3 is 23.6 Å². The lowest BCUT2D eigenvalue weighted by molar-refractivity contribution is -0.128. The summed E-state index contributed by atoms with van der Waals surface area (Å²) in [6.45, 7) is 9.66. The first-order valence-corrected chi connectivity index (χ1v) is 12.5. The van der Waals surface area contributed by atoms with Gasteiger partial charge in [-0.2, -0.15) is 4.80 Å². The highest BCUT2D eigenvalue weighted by molar-refractivity contribution is 6.01. The maximum atomic E-state index is 14.0. The van der Waals surface area contributed by atoms with E-state index < -0.39 is 23.4 Å². The summed E-state index contributed by atoms with van der Waals surface area (Å²) >= 11 is 0. The molecule has 0 spiro atoms. The molecule has 1 aliphatic rings. The lowest BCUT2D eigenvalue weighted by Gasteiger charge is -2.33. The number of aryl methyl sites for hydroxylation is 2. The number of hydrogen-bond donors (Lipinski definition) is 1. The number of carbonyl (C=O) groups is 2. The normalized spacial score (nSPS) is 13.7. The van der Waals surface area contributed by atoms with E-state index in [1.165, 1.54) is 4.90 Å². The third kappa shape index (κ3) is 5.79. The van der Waals surface area contributed by atoms with Crippen LogP contribution in [0.5, 0.6) is 11.5 Å². The summed E-state index contributed by atoms with van der Waals surface area (Å²) in [5.41, 5.74) is -0.156. The summed E-state index contributed by atoms with van der Waals surface area (Å²) in [6.07, 6.45) is 0. The molecule has 12 nitrogen and oxygen atoms in total. The topological polar surface area (TPSA) is 138 Å². The van der Waals surface area contributed by atoms with Crippen LogP contribution >= 0.6 is 0 Å². The molecule has 3 aromatic heterocycles. The van der Waals surface area contributed by atoms with Crippen LogP contribution in [0.15, 0.2) is 51.3 Å². The molecule has 0 saturated carbocycles. The summed E-state index contributed by atoms with van der Waals surface area (Å²) in [5.74, 6) is 2.40. The molecule has 4 aromatic rings. The number of hydrogen-bond acceptors (Lipinski definition) is 9. The lowest BCUT2D eigenvalue weighted by Crippen LogP contribution is -2.50. The molecule has 12 heteroatoms. The van der Waals surface area contributed by atoms with Gasteiger partial charge in [0.05, 0.1) is 0 Å². The van der Waals surface area contributed by atoms with E-state index in [0.717, 1.165) is 4.80 Å². The number of fused-ring (bicyclic) bond motifs is 1. The van der Waals surface area contributed by atoms with Crippen molar-refractivity contribution in [3.05, 3.63) is 59.7 Å². The van der Waals surface area contributed by atoms with Gasteiger partial charge in [-0.1, -0.05) is 0 Å². The number of nitrogens with zero attached hydrogens (tertiary/aromatic N) is 5. The molecule has 0 radical (unpaired) electrons. The molecule has 0 unspecified atom stereocenters. The third-order valence-electron chi connectivity index (χ3n) is 5.80. The molecular formula is C27H30N6O6. The molecule has 1 atom stereocenters. The highest BCUT2D eigenvalue weighted by atomic mass is 16.6. The maximum Gasteiger partial charge on any atom is 0.251 e. The van der Waals surface area contributed by atoms with E-state index in [4.69, 9.17) is 18.3 Å². The molecule has 39 heavy (non-hydrogen) atoms. The van der Waals surface area contributed by atoms with E-state index in [0.29, 0.717) is 53.4 Å². The zero-order valence-corrected chi connectivity index (χ0v) is 22.4. The minimum atomic E-state index is -1.14. The number of carbonyl (C=O) groups excluding carboxylic acids is 2. The number of tetrazole rings is 1. The van der Waals surface area contributed by atoms with Crippen LogP contribution in [-0.4, -0.2) is 50.8 Å². The number of ether oxygens (including phenoxy) is 2. The van der Waals surface area contributed by atoms with Gasteiger partial charge in [0.1, 0.15) is 37.0 Å². The molecule has 0 aliphatic carbocycles. The Bertz CT molecular complexity index is 1500. The Morgan fingerprint density at radius 3 is 2.38 bits per heavy atom. The first kappa shape index (κ1) is 26.0. The van der Waals surface area contributed by atoms with Crippen LogP contribution in [0.3, 0.4) is 0 Å². The molecule has 0 saturated heterocycles. The standard InChI is InChI=1S/C27H30N6O6/c1-16-6-9-20(38-16)24(26(35)28-27(3,4)5)33(18-8-11-19-22(14-18)37-13-12-36-19)23(34)15-32-30-25(29-31-32)21-10-7-17(2)39-21/h6-11,14,24H,12-13,15H2,1-5H3,(H,28,35)/t24-/m0/s1. The smallest absolute Gasteiger partial charge is 0.251 e. The zero-order valence-electron chi connectivity index (χ0n) is 22.4. The zero-order chi connectivity index (χ0) is 27.7. The van der Waals surface area contributed by atoms with Crippen LogP contribution in [0.2, 0.25) is 0 Å². The molecule has 1 aromatic carbocycles. The average molecular weight is 535 g/mol. The predicted molar refractivity (Wildman–Crippen MR) is 139 cm³/mol. The molecule has 4 heterocycles. The van der Waals surface area contributed by atoms with Gasteiger partial charge in [-0.05, 0) is 76.2 Å². The lowest BCUT2D eigenvalue weighted by atomic mass is 10.1.